The van der Waals surface area contributed by atoms with E-state index in [1.54, 1.807) is 12.1 Å². The fraction of sp³-hybridized carbons (Fsp3) is 0.391. The highest BCUT2D eigenvalue weighted by atomic mass is 35.5. The van der Waals surface area contributed by atoms with Crippen molar-refractivity contribution in [2.24, 2.45) is 0 Å². The van der Waals surface area contributed by atoms with Crippen molar-refractivity contribution in [2.75, 3.05) is 38.0 Å². The smallest absolute Gasteiger partial charge is 0.238 e. The number of nitrogens with one attached hydrogen (secondary N) is 1. The van der Waals surface area contributed by atoms with E-state index in [9.17, 15) is 14.0 Å². The molecule has 160 valence electrons. The van der Waals surface area contributed by atoms with E-state index in [4.69, 9.17) is 0 Å². The molecule has 2 aromatic rings. The molecule has 30 heavy (non-hydrogen) atoms. The van der Waals surface area contributed by atoms with Crippen molar-refractivity contribution in [1.29, 1.82) is 0 Å². The van der Waals surface area contributed by atoms with Gasteiger partial charge in [0.1, 0.15) is 5.82 Å². The summed E-state index contributed by atoms with van der Waals surface area (Å²) in [5, 5.41) is 2.78. The summed E-state index contributed by atoms with van der Waals surface area (Å²) >= 11 is 0. The van der Waals surface area contributed by atoms with Crippen LogP contribution in [0.2, 0.25) is 0 Å². The van der Waals surface area contributed by atoms with E-state index in [1.807, 2.05) is 9.80 Å². The number of hydrogen-bond donors (Lipinski definition) is 1. The molecule has 1 aliphatic heterocycles. The summed E-state index contributed by atoms with van der Waals surface area (Å²) in [5.41, 5.74) is 4.50. The molecule has 0 radical (unpaired) electrons. The Morgan fingerprint density at radius 3 is 2.37 bits per heavy atom. The highest BCUT2D eigenvalue weighted by Crippen LogP contribution is 2.23. The van der Waals surface area contributed by atoms with Gasteiger partial charge in [-0.3, -0.25) is 14.5 Å². The highest BCUT2D eigenvalue weighted by molar-refractivity contribution is 5.92. The van der Waals surface area contributed by atoms with Crippen LogP contribution in [0.5, 0.6) is 0 Å². The molecule has 1 fully saturated rings. The van der Waals surface area contributed by atoms with Crippen molar-refractivity contribution < 1.29 is 14.0 Å². The molecule has 0 bridgehead atoms. The fourth-order valence-corrected chi connectivity index (χ4v) is 4.11. The Morgan fingerprint density at radius 1 is 0.933 bits per heavy atom. The van der Waals surface area contributed by atoms with Gasteiger partial charge in [-0.05, 0) is 60.2 Å². The maximum absolute atomic E-state index is 12.9. The highest BCUT2D eigenvalue weighted by Gasteiger charge is 2.23. The standard InChI is InChI=1S/C23H26FN3O2.ClH/c24-20-6-8-21(9-7-20)25-22(28)16-26-10-12-27(13-11-26)23(29)15-17-4-5-18-2-1-3-19(18)14-17;/h4-9,14H,1-3,10-13,15-16H2,(H,25,28);1H. The monoisotopic (exact) mass is 431 g/mol. The summed E-state index contributed by atoms with van der Waals surface area (Å²) < 4.78 is 12.9. The first-order valence-corrected chi connectivity index (χ1v) is 10.2. The van der Waals surface area contributed by atoms with Crippen molar-refractivity contribution in [1.82, 2.24) is 9.80 Å². The first-order valence-electron chi connectivity index (χ1n) is 10.2. The third-order valence-electron chi connectivity index (χ3n) is 5.74. The number of halogens is 2. The molecule has 2 amide bonds. The normalized spacial score (nSPS) is 16.0. The number of fused-ring (bicyclic) bond motifs is 1. The van der Waals surface area contributed by atoms with Crippen LogP contribution in [-0.4, -0.2) is 54.3 Å². The van der Waals surface area contributed by atoms with Gasteiger partial charge in [-0.1, -0.05) is 18.2 Å². The zero-order chi connectivity index (χ0) is 20.2. The van der Waals surface area contributed by atoms with E-state index >= 15 is 0 Å². The minimum Gasteiger partial charge on any atom is -0.340 e. The van der Waals surface area contributed by atoms with Gasteiger partial charge in [-0.25, -0.2) is 4.39 Å². The van der Waals surface area contributed by atoms with Crippen LogP contribution in [-0.2, 0) is 28.9 Å². The van der Waals surface area contributed by atoms with E-state index in [0.29, 0.717) is 38.3 Å². The van der Waals surface area contributed by atoms with Crippen LogP contribution in [0.3, 0.4) is 0 Å². The molecule has 1 saturated heterocycles. The first-order chi connectivity index (χ1) is 14.1. The number of hydrogen-bond acceptors (Lipinski definition) is 3. The summed E-state index contributed by atoms with van der Waals surface area (Å²) in [6.07, 6.45) is 3.93. The fourth-order valence-electron chi connectivity index (χ4n) is 4.11. The van der Waals surface area contributed by atoms with Crippen LogP contribution in [0.4, 0.5) is 10.1 Å². The van der Waals surface area contributed by atoms with Crippen molar-refractivity contribution in [2.45, 2.75) is 25.7 Å². The second-order valence-electron chi connectivity index (χ2n) is 7.85. The minimum absolute atomic E-state index is 0. The second-order valence-corrected chi connectivity index (χ2v) is 7.85. The average Bonchev–Trinajstić information content (AvgIpc) is 3.18. The number of anilines is 1. The lowest BCUT2D eigenvalue weighted by molar-refractivity contribution is -0.132. The van der Waals surface area contributed by atoms with Crippen LogP contribution in [0.15, 0.2) is 42.5 Å². The molecule has 1 N–H and O–H groups in total. The Balaban J connectivity index is 0.00000256. The molecule has 5 nitrogen and oxygen atoms in total. The van der Waals surface area contributed by atoms with Gasteiger partial charge in [0, 0.05) is 31.9 Å². The molecule has 2 aromatic carbocycles. The molecule has 7 heteroatoms. The van der Waals surface area contributed by atoms with E-state index < -0.39 is 0 Å². The Kier molecular flexibility index (Phi) is 7.45. The number of piperazine rings is 1. The second kappa shape index (κ2) is 10.0. The van der Waals surface area contributed by atoms with Gasteiger partial charge in [0.15, 0.2) is 0 Å². The molecular weight excluding hydrogens is 405 g/mol. The number of rotatable bonds is 5. The SMILES string of the molecule is Cl.O=C(CN1CCN(C(=O)Cc2ccc3c(c2)CCC3)CC1)Nc1ccc(F)cc1. The Morgan fingerprint density at radius 2 is 1.63 bits per heavy atom. The summed E-state index contributed by atoms with van der Waals surface area (Å²) in [6, 6.07) is 12.2. The maximum Gasteiger partial charge on any atom is 0.238 e. The number of aryl methyl sites for hydroxylation is 2. The summed E-state index contributed by atoms with van der Waals surface area (Å²) in [7, 11) is 0. The molecule has 4 rings (SSSR count). The zero-order valence-electron chi connectivity index (χ0n) is 16.9. The topological polar surface area (TPSA) is 52.7 Å². The van der Waals surface area contributed by atoms with Gasteiger partial charge in [0.2, 0.25) is 11.8 Å². The summed E-state index contributed by atoms with van der Waals surface area (Å²) in [4.78, 5) is 28.8. The summed E-state index contributed by atoms with van der Waals surface area (Å²) in [6.45, 7) is 2.88. The van der Waals surface area contributed by atoms with Gasteiger partial charge < -0.3 is 10.2 Å². The molecule has 0 spiro atoms. The van der Waals surface area contributed by atoms with Crippen LogP contribution >= 0.6 is 12.4 Å². The largest absolute Gasteiger partial charge is 0.340 e. The van der Waals surface area contributed by atoms with E-state index in [0.717, 1.165) is 18.4 Å². The average molecular weight is 432 g/mol. The minimum atomic E-state index is -0.330. The van der Waals surface area contributed by atoms with Gasteiger partial charge >= 0.3 is 0 Å². The lowest BCUT2D eigenvalue weighted by Gasteiger charge is -2.34. The van der Waals surface area contributed by atoms with Gasteiger partial charge in [-0.15, -0.1) is 12.4 Å². The third-order valence-corrected chi connectivity index (χ3v) is 5.74. The van der Waals surface area contributed by atoms with Crippen molar-refractivity contribution in [3.05, 3.63) is 65.0 Å². The van der Waals surface area contributed by atoms with Crippen molar-refractivity contribution in [3.8, 4) is 0 Å². The Bertz CT molecular complexity index is 896. The van der Waals surface area contributed by atoms with Crippen LogP contribution < -0.4 is 5.32 Å². The lowest BCUT2D eigenvalue weighted by atomic mass is 10.0. The summed E-state index contributed by atoms with van der Waals surface area (Å²) in [5.74, 6) is -0.309. The van der Waals surface area contributed by atoms with Gasteiger partial charge in [0.25, 0.3) is 0 Å². The molecule has 2 aliphatic rings. The van der Waals surface area contributed by atoms with Crippen molar-refractivity contribution in [3.63, 3.8) is 0 Å². The van der Waals surface area contributed by atoms with Gasteiger partial charge in [-0.2, -0.15) is 0 Å². The number of carbonyl (C=O) groups is 2. The van der Waals surface area contributed by atoms with Crippen LogP contribution in [0, 0.1) is 5.82 Å². The number of carbonyl (C=O) groups excluding carboxylic acids is 2. The number of nitrogens with zero attached hydrogens (tertiary/aromatic N) is 2. The quantitative estimate of drug-likeness (QED) is 0.791. The number of benzene rings is 2. The number of amides is 2. The lowest BCUT2D eigenvalue weighted by Crippen LogP contribution is -2.50. The van der Waals surface area contributed by atoms with Crippen LogP contribution in [0.1, 0.15) is 23.1 Å². The molecule has 1 heterocycles. The molecule has 0 saturated carbocycles. The zero-order valence-corrected chi connectivity index (χ0v) is 17.7. The third kappa shape index (κ3) is 5.58. The molecule has 0 atom stereocenters. The Hall–Kier alpha value is -2.44. The Labute approximate surface area is 182 Å². The molecule has 1 aliphatic carbocycles. The van der Waals surface area contributed by atoms with E-state index in [1.165, 1.54) is 29.7 Å². The predicted molar refractivity (Wildman–Crippen MR) is 117 cm³/mol. The first kappa shape index (κ1) is 22.2. The van der Waals surface area contributed by atoms with Crippen molar-refractivity contribution >= 4 is 29.9 Å². The van der Waals surface area contributed by atoms with E-state index in [-0.39, 0.29) is 36.6 Å². The molecular formula is C23H27ClFN3O2. The van der Waals surface area contributed by atoms with Gasteiger partial charge in [0.05, 0.1) is 13.0 Å². The molecule has 0 unspecified atom stereocenters. The molecule has 0 aromatic heterocycles. The van der Waals surface area contributed by atoms with E-state index in [2.05, 4.69) is 23.5 Å². The predicted octanol–water partition coefficient (Wildman–Crippen LogP) is 3.06. The maximum atomic E-state index is 12.9. The van der Waals surface area contributed by atoms with Crippen LogP contribution in [0.25, 0.3) is 0 Å².